The van der Waals surface area contributed by atoms with Gasteiger partial charge in [-0.25, -0.2) is 0 Å². The lowest BCUT2D eigenvalue weighted by atomic mass is 9.95. The van der Waals surface area contributed by atoms with Crippen molar-refractivity contribution in [3.8, 4) is 5.75 Å². The summed E-state index contributed by atoms with van der Waals surface area (Å²) in [5.74, 6) is -0.685. The van der Waals surface area contributed by atoms with Gasteiger partial charge in [0.05, 0.1) is 18.2 Å². The van der Waals surface area contributed by atoms with E-state index in [9.17, 15) is 14.7 Å². The van der Waals surface area contributed by atoms with Crippen molar-refractivity contribution >= 4 is 33.4 Å². The summed E-state index contributed by atoms with van der Waals surface area (Å²) in [7, 11) is 3.83. The van der Waals surface area contributed by atoms with Crippen molar-refractivity contribution < 1.29 is 19.4 Å². The van der Waals surface area contributed by atoms with Crippen LogP contribution in [0.1, 0.15) is 42.5 Å². The number of halogens is 1. The fourth-order valence-electron chi connectivity index (χ4n) is 3.85. The van der Waals surface area contributed by atoms with Gasteiger partial charge in [0.1, 0.15) is 11.5 Å². The molecule has 1 heterocycles. The van der Waals surface area contributed by atoms with Crippen molar-refractivity contribution in [2.45, 2.75) is 32.7 Å². The number of likely N-dealkylation sites (N-methyl/N-ethyl adjacent to an activating group) is 1. The minimum Gasteiger partial charge on any atom is -0.507 e. The Balaban J connectivity index is 2.04. The Labute approximate surface area is 204 Å². The Kier molecular flexibility index (Phi) is 8.32. The van der Waals surface area contributed by atoms with Crippen molar-refractivity contribution in [3.05, 3.63) is 69.2 Å². The summed E-state index contributed by atoms with van der Waals surface area (Å²) >= 11 is 3.43. The number of hydrogen-bond donors (Lipinski definition) is 1. The largest absolute Gasteiger partial charge is 0.507 e. The number of aryl methyl sites for hydroxylation is 1. The van der Waals surface area contributed by atoms with Gasteiger partial charge in [-0.05, 0) is 68.9 Å². The molecule has 3 rings (SSSR count). The van der Waals surface area contributed by atoms with Gasteiger partial charge in [-0.2, -0.15) is 0 Å². The van der Waals surface area contributed by atoms with E-state index in [0.717, 1.165) is 34.2 Å². The first kappa shape index (κ1) is 25.0. The second-order valence-electron chi connectivity index (χ2n) is 8.53. The van der Waals surface area contributed by atoms with Crippen LogP contribution in [0.25, 0.3) is 5.76 Å². The van der Waals surface area contributed by atoms with Gasteiger partial charge < -0.3 is 19.6 Å². The van der Waals surface area contributed by atoms with Crippen LogP contribution in [-0.4, -0.2) is 60.4 Å². The number of rotatable bonds is 9. The van der Waals surface area contributed by atoms with E-state index in [1.54, 1.807) is 23.1 Å². The highest BCUT2D eigenvalue weighted by atomic mass is 79.9. The van der Waals surface area contributed by atoms with Crippen LogP contribution in [0.5, 0.6) is 5.75 Å². The van der Waals surface area contributed by atoms with Crippen LogP contribution >= 0.6 is 15.9 Å². The molecule has 0 spiro atoms. The summed E-state index contributed by atoms with van der Waals surface area (Å²) in [5, 5.41) is 11.2. The Morgan fingerprint density at radius 3 is 2.45 bits per heavy atom. The van der Waals surface area contributed by atoms with Gasteiger partial charge >= 0.3 is 0 Å². The standard InChI is InChI=1S/C26H31BrN2O4/c1-5-6-15-33-21-12-9-19(16-17(21)2)24(30)22-23(18-7-10-20(27)11-8-18)29(14-13-28(3)4)26(32)25(22)31/h7-12,16,23,30H,5-6,13-15H2,1-4H3/b24-22+/t23-/m0/s1. The number of carbonyl (C=O) groups excluding carboxylic acids is 2. The molecule has 6 nitrogen and oxygen atoms in total. The monoisotopic (exact) mass is 514 g/mol. The molecule has 176 valence electrons. The number of carbonyl (C=O) groups is 2. The Morgan fingerprint density at radius 1 is 1.15 bits per heavy atom. The summed E-state index contributed by atoms with van der Waals surface area (Å²) in [6.45, 7) is 5.61. The molecule has 33 heavy (non-hydrogen) atoms. The second-order valence-corrected chi connectivity index (χ2v) is 9.45. The molecule has 1 atom stereocenters. The SMILES string of the molecule is CCCCOc1ccc(/C(O)=C2\C(=O)C(=O)N(CCN(C)C)[C@H]2c2ccc(Br)cc2)cc1C. The fourth-order valence-corrected chi connectivity index (χ4v) is 4.11. The normalized spacial score (nSPS) is 17.8. The van der Waals surface area contributed by atoms with E-state index in [0.29, 0.717) is 25.3 Å². The van der Waals surface area contributed by atoms with Gasteiger partial charge in [-0.1, -0.05) is 41.4 Å². The number of unbranched alkanes of at least 4 members (excludes halogenated alkanes) is 1. The van der Waals surface area contributed by atoms with E-state index < -0.39 is 17.7 Å². The lowest BCUT2D eigenvalue weighted by molar-refractivity contribution is -0.140. The lowest BCUT2D eigenvalue weighted by Crippen LogP contribution is -2.35. The van der Waals surface area contributed by atoms with Gasteiger partial charge in [0, 0.05) is 23.1 Å². The average Bonchev–Trinajstić information content (AvgIpc) is 3.03. The third-order valence-electron chi connectivity index (χ3n) is 5.72. The van der Waals surface area contributed by atoms with Gasteiger partial charge in [-0.3, -0.25) is 9.59 Å². The maximum Gasteiger partial charge on any atom is 0.295 e. The number of nitrogens with zero attached hydrogens (tertiary/aromatic N) is 2. The molecule has 2 aromatic rings. The summed E-state index contributed by atoms with van der Waals surface area (Å²) in [6.07, 6.45) is 2.01. The van der Waals surface area contributed by atoms with E-state index in [-0.39, 0.29) is 11.3 Å². The maximum atomic E-state index is 13.1. The number of ketones is 1. The molecule has 1 amide bonds. The molecule has 1 saturated heterocycles. The van der Waals surface area contributed by atoms with E-state index >= 15 is 0 Å². The maximum absolute atomic E-state index is 13.1. The van der Waals surface area contributed by atoms with E-state index in [1.807, 2.05) is 50.2 Å². The Bertz CT molecular complexity index is 1050. The van der Waals surface area contributed by atoms with Crippen LogP contribution < -0.4 is 4.74 Å². The Hall–Kier alpha value is -2.64. The number of hydrogen-bond acceptors (Lipinski definition) is 5. The summed E-state index contributed by atoms with van der Waals surface area (Å²) in [5.41, 5.74) is 2.23. The molecular formula is C26H31BrN2O4. The summed E-state index contributed by atoms with van der Waals surface area (Å²) in [6, 6.07) is 12.1. The minimum atomic E-state index is -0.667. The zero-order chi connectivity index (χ0) is 24.1. The third kappa shape index (κ3) is 5.65. The van der Waals surface area contributed by atoms with Crippen molar-refractivity contribution in [1.82, 2.24) is 9.80 Å². The highest BCUT2D eigenvalue weighted by molar-refractivity contribution is 9.10. The quantitative estimate of drug-likeness (QED) is 0.222. The summed E-state index contributed by atoms with van der Waals surface area (Å²) in [4.78, 5) is 29.6. The van der Waals surface area contributed by atoms with Crippen LogP contribution in [0.2, 0.25) is 0 Å². The number of aliphatic hydroxyl groups excluding tert-OH is 1. The molecule has 0 radical (unpaired) electrons. The molecule has 1 fully saturated rings. The molecule has 0 aromatic heterocycles. The number of likely N-dealkylation sites (tertiary alicyclic amines) is 1. The highest BCUT2D eigenvalue weighted by Crippen LogP contribution is 2.40. The smallest absolute Gasteiger partial charge is 0.295 e. The topological polar surface area (TPSA) is 70.1 Å². The predicted molar refractivity (Wildman–Crippen MR) is 133 cm³/mol. The molecular weight excluding hydrogens is 484 g/mol. The minimum absolute atomic E-state index is 0.111. The van der Waals surface area contributed by atoms with Crippen LogP contribution in [0, 0.1) is 6.92 Å². The first-order chi connectivity index (χ1) is 15.7. The molecule has 0 saturated carbocycles. The lowest BCUT2D eigenvalue weighted by Gasteiger charge is -2.26. The van der Waals surface area contributed by atoms with Crippen LogP contribution in [-0.2, 0) is 9.59 Å². The molecule has 7 heteroatoms. The zero-order valence-corrected chi connectivity index (χ0v) is 21.2. The number of aliphatic hydroxyl groups is 1. The first-order valence-corrected chi connectivity index (χ1v) is 12.0. The van der Waals surface area contributed by atoms with Gasteiger partial charge in [0.15, 0.2) is 0 Å². The number of Topliss-reactive ketones (excluding diaryl/α,β-unsaturated/α-hetero) is 1. The van der Waals surface area contributed by atoms with Crippen molar-refractivity contribution in [3.63, 3.8) is 0 Å². The van der Waals surface area contributed by atoms with Gasteiger partial charge in [0.2, 0.25) is 0 Å². The number of benzene rings is 2. The van der Waals surface area contributed by atoms with E-state index in [2.05, 4.69) is 22.9 Å². The van der Waals surface area contributed by atoms with Crippen molar-refractivity contribution in [2.24, 2.45) is 0 Å². The molecule has 2 aromatic carbocycles. The van der Waals surface area contributed by atoms with Crippen LogP contribution in [0.15, 0.2) is 52.5 Å². The zero-order valence-electron chi connectivity index (χ0n) is 19.6. The first-order valence-electron chi connectivity index (χ1n) is 11.2. The Morgan fingerprint density at radius 2 is 1.85 bits per heavy atom. The molecule has 1 aliphatic heterocycles. The third-order valence-corrected chi connectivity index (χ3v) is 6.25. The molecule has 1 aliphatic rings. The van der Waals surface area contributed by atoms with Crippen LogP contribution in [0.4, 0.5) is 0 Å². The average molecular weight is 515 g/mol. The molecule has 0 aliphatic carbocycles. The summed E-state index contributed by atoms with van der Waals surface area (Å²) < 4.78 is 6.71. The molecule has 0 unspecified atom stereocenters. The molecule has 0 bridgehead atoms. The van der Waals surface area contributed by atoms with Crippen molar-refractivity contribution in [2.75, 3.05) is 33.8 Å². The predicted octanol–water partition coefficient (Wildman–Crippen LogP) is 4.92. The fraction of sp³-hybridized carbons (Fsp3) is 0.385. The van der Waals surface area contributed by atoms with Crippen molar-refractivity contribution in [1.29, 1.82) is 0 Å². The number of amides is 1. The van der Waals surface area contributed by atoms with Crippen LogP contribution in [0.3, 0.4) is 0 Å². The molecule has 1 N–H and O–H groups in total. The highest BCUT2D eigenvalue weighted by Gasteiger charge is 2.45. The van der Waals surface area contributed by atoms with Gasteiger partial charge in [-0.15, -0.1) is 0 Å². The van der Waals surface area contributed by atoms with E-state index in [4.69, 9.17) is 4.74 Å². The van der Waals surface area contributed by atoms with Gasteiger partial charge in [0.25, 0.3) is 11.7 Å². The van der Waals surface area contributed by atoms with E-state index in [1.165, 1.54) is 0 Å². The number of ether oxygens (including phenoxy) is 1. The second kappa shape index (κ2) is 11.0.